The van der Waals surface area contributed by atoms with E-state index in [1.807, 2.05) is 0 Å². The van der Waals surface area contributed by atoms with Gasteiger partial charge >= 0.3 is 5.97 Å². The first-order valence-corrected chi connectivity index (χ1v) is 6.75. The van der Waals surface area contributed by atoms with Gasteiger partial charge in [0.1, 0.15) is 5.75 Å². The first kappa shape index (κ1) is 16.7. The lowest BCUT2D eigenvalue weighted by Crippen LogP contribution is -2.05. The van der Waals surface area contributed by atoms with Gasteiger partial charge in [-0.3, -0.25) is 4.79 Å². The van der Waals surface area contributed by atoms with Crippen LogP contribution in [-0.4, -0.2) is 32.9 Å². The van der Waals surface area contributed by atoms with Gasteiger partial charge < -0.3 is 9.66 Å². The minimum Gasteiger partial charge on any atom is -0.605 e. The third-order valence-corrected chi connectivity index (χ3v) is 3.62. The van der Waals surface area contributed by atoms with E-state index in [1.165, 1.54) is 10.8 Å². The molecule has 0 saturated heterocycles. The van der Waals surface area contributed by atoms with Crippen LogP contribution < -0.4 is 0 Å². The summed E-state index contributed by atoms with van der Waals surface area (Å²) in [4.78, 5) is 18.9. The lowest BCUT2D eigenvalue weighted by atomic mass is 10.5. The molecule has 0 fully saturated rings. The lowest BCUT2D eigenvalue weighted by molar-refractivity contribution is -0.148. The van der Waals surface area contributed by atoms with Crippen LogP contribution in [0.1, 0.15) is 6.92 Å². The summed E-state index contributed by atoms with van der Waals surface area (Å²) in [5, 5.41) is 7.64. The van der Waals surface area contributed by atoms with Gasteiger partial charge in [0.25, 0.3) is 0 Å². The fourth-order valence-electron chi connectivity index (χ4n) is 0.268. The zero-order valence-electron chi connectivity index (χ0n) is 8.47. The molecule has 0 aliphatic carbocycles. The van der Waals surface area contributed by atoms with Crippen LogP contribution in [0.2, 0.25) is 0 Å². The first-order chi connectivity index (χ1) is 6.95. The van der Waals surface area contributed by atoms with Crippen molar-refractivity contribution in [1.29, 1.82) is 0 Å². The molecule has 0 aliphatic heterocycles. The van der Waals surface area contributed by atoms with Gasteiger partial charge in [-0.15, -0.1) is 6.58 Å². The van der Waals surface area contributed by atoms with Gasteiger partial charge in [0.15, 0.2) is 0 Å². The molecule has 15 heavy (non-hydrogen) atoms. The molecule has 0 rings (SSSR count). The Balaban J connectivity index is 0. The van der Waals surface area contributed by atoms with Gasteiger partial charge in [-0.2, -0.15) is 0 Å². The normalized spacial score (nSPS) is 10.5. The van der Waals surface area contributed by atoms with Crippen LogP contribution in [0.25, 0.3) is 0 Å². The van der Waals surface area contributed by atoms with Crippen molar-refractivity contribution in [1.82, 2.24) is 0 Å². The average molecular weight is 250 g/mol. The van der Waals surface area contributed by atoms with Gasteiger partial charge in [-0.05, 0) is 6.08 Å². The summed E-state index contributed by atoms with van der Waals surface area (Å²) < 4.78 is 10.8. The average Bonchev–Trinajstić information content (AvgIpc) is 2.16. The zero-order chi connectivity index (χ0) is 12.3. The second kappa shape index (κ2) is 11.4. The van der Waals surface area contributed by atoms with Crippen LogP contribution in [0.3, 0.4) is 0 Å². The van der Waals surface area contributed by atoms with Gasteiger partial charge in [-0.25, -0.2) is 4.79 Å². The number of rotatable bonds is 6. The highest BCUT2D eigenvalue weighted by Gasteiger charge is 2.01. The second-order valence-electron chi connectivity index (χ2n) is 2.19. The number of aliphatic carboxylic acids is 1. The van der Waals surface area contributed by atoms with E-state index in [-0.39, 0.29) is 0 Å². The fourth-order valence-corrected chi connectivity index (χ4v) is 2.13. The fraction of sp³-hybridized carbons (Fsp3) is 0.333. The highest BCUT2D eigenvalue weighted by atomic mass is 33.1. The van der Waals surface area contributed by atoms with E-state index in [1.54, 1.807) is 12.2 Å². The number of carboxylic acid groups (broad SMARTS) is 1. The van der Waals surface area contributed by atoms with Crippen molar-refractivity contribution in [2.75, 3.05) is 11.5 Å². The summed E-state index contributed by atoms with van der Waals surface area (Å²) in [6.07, 6.45) is 3.40. The Labute approximate surface area is 96.0 Å². The molecule has 0 aromatic carbocycles. The monoisotopic (exact) mass is 250 g/mol. The molecule has 0 aromatic rings. The standard InChI is InChI=1S/C6H10OS2.C3H4O3/c1-3-5-8-9(7)6-4-2;1-2(4)3(5)6/h3-4H,1-2,5-6H2;1H3,(H,5,6). The van der Waals surface area contributed by atoms with Crippen LogP contribution in [0.5, 0.6) is 0 Å². The van der Waals surface area contributed by atoms with Gasteiger partial charge in [0, 0.05) is 17.1 Å². The Kier molecular flexibility index (Phi) is 12.6. The molecule has 0 aromatic heterocycles. The Morgan fingerprint density at radius 1 is 1.47 bits per heavy atom. The van der Waals surface area contributed by atoms with E-state index in [9.17, 15) is 14.1 Å². The van der Waals surface area contributed by atoms with Crippen molar-refractivity contribution in [2.24, 2.45) is 0 Å². The lowest BCUT2D eigenvalue weighted by Gasteiger charge is -2.02. The SMILES string of the molecule is C=CCS[S+]([O-])CC=C.CC(=O)C(=O)O. The summed E-state index contributed by atoms with van der Waals surface area (Å²) in [6.45, 7) is 7.99. The van der Waals surface area contributed by atoms with Crippen LogP contribution >= 0.6 is 10.8 Å². The second-order valence-corrected chi connectivity index (χ2v) is 5.53. The van der Waals surface area contributed by atoms with Crippen molar-refractivity contribution in [2.45, 2.75) is 6.92 Å². The molecule has 4 nitrogen and oxygen atoms in total. The molecular formula is C9H14O4S2. The predicted molar refractivity (Wildman–Crippen MR) is 64.2 cm³/mol. The molecule has 1 atom stereocenters. The predicted octanol–water partition coefficient (Wildman–Crippen LogP) is 1.42. The van der Waals surface area contributed by atoms with Crippen LogP contribution in [0.4, 0.5) is 0 Å². The van der Waals surface area contributed by atoms with Crippen molar-refractivity contribution >= 4 is 32.8 Å². The van der Waals surface area contributed by atoms with Crippen LogP contribution in [0.15, 0.2) is 25.3 Å². The largest absolute Gasteiger partial charge is 0.605 e. The maximum absolute atomic E-state index is 10.8. The first-order valence-electron chi connectivity index (χ1n) is 3.93. The molecule has 0 radical (unpaired) electrons. The number of ketones is 1. The Morgan fingerprint density at radius 3 is 2.20 bits per heavy atom. The maximum atomic E-state index is 10.8. The number of carbonyl (C=O) groups excluding carboxylic acids is 1. The molecule has 0 bridgehead atoms. The van der Waals surface area contributed by atoms with Crippen molar-refractivity contribution in [3.63, 3.8) is 0 Å². The third-order valence-electron chi connectivity index (χ3n) is 0.872. The summed E-state index contributed by atoms with van der Waals surface area (Å²) >= 11 is 0. The molecule has 0 heterocycles. The topological polar surface area (TPSA) is 77.4 Å². The molecule has 1 N–H and O–H groups in total. The molecule has 86 valence electrons. The molecule has 0 spiro atoms. The molecule has 0 saturated carbocycles. The Bertz CT molecular complexity index is 216. The number of Topliss-reactive ketones (excluding diaryl/α,β-unsaturated/α-hetero) is 1. The maximum Gasteiger partial charge on any atom is 0.371 e. The van der Waals surface area contributed by atoms with Crippen LogP contribution in [0, 0.1) is 0 Å². The summed E-state index contributed by atoms with van der Waals surface area (Å²) in [7, 11) is 0.591. The van der Waals surface area contributed by atoms with Gasteiger partial charge in [0.2, 0.25) is 5.78 Å². The van der Waals surface area contributed by atoms with E-state index in [2.05, 4.69) is 13.2 Å². The van der Waals surface area contributed by atoms with Gasteiger partial charge in [0.05, 0.1) is 16.5 Å². The quantitative estimate of drug-likeness (QED) is 0.334. The van der Waals surface area contributed by atoms with E-state index in [0.29, 0.717) is 5.75 Å². The highest BCUT2D eigenvalue weighted by molar-refractivity contribution is 8.72. The van der Waals surface area contributed by atoms with E-state index >= 15 is 0 Å². The van der Waals surface area contributed by atoms with E-state index in [0.717, 1.165) is 12.7 Å². The van der Waals surface area contributed by atoms with E-state index < -0.39 is 22.0 Å². The molecular weight excluding hydrogens is 236 g/mol. The highest BCUT2D eigenvalue weighted by Crippen LogP contribution is 2.12. The van der Waals surface area contributed by atoms with E-state index in [4.69, 9.17) is 5.11 Å². The number of carbonyl (C=O) groups is 2. The molecule has 1 unspecified atom stereocenters. The summed E-state index contributed by atoms with van der Waals surface area (Å²) in [6, 6.07) is 0. The number of hydrogen-bond acceptors (Lipinski definition) is 4. The minimum atomic E-state index is -1.38. The molecule has 0 amide bonds. The number of carboxylic acids is 1. The Morgan fingerprint density at radius 2 is 1.93 bits per heavy atom. The molecule has 6 heteroatoms. The van der Waals surface area contributed by atoms with Crippen LogP contribution in [-0.2, 0) is 19.8 Å². The number of hydrogen-bond donors (Lipinski definition) is 1. The minimum absolute atomic E-state index is 0.568. The van der Waals surface area contributed by atoms with Crippen molar-refractivity contribution in [3.8, 4) is 0 Å². The van der Waals surface area contributed by atoms with Gasteiger partial charge in [-0.1, -0.05) is 12.7 Å². The smallest absolute Gasteiger partial charge is 0.371 e. The molecule has 0 aliphatic rings. The summed E-state index contributed by atoms with van der Waals surface area (Å²) in [5.74, 6) is -0.885. The third kappa shape index (κ3) is 16.0. The van der Waals surface area contributed by atoms with Crippen molar-refractivity contribution in [3.05, 3.63) is 25.3 Å². The summed E-state index contributed by atoms with van der Waals surface area (Å²) in [5.41, 5.74) is 0. The van der Waals surface area contributed by atoms with Crippen molar-refractivity contribution < 1.29 is 19.2 Å². The zero-order valence-corrected chi connectivity index (χ0v) is 10.1. The Hall–Kier alpha value is -0.720.